The highest BCUT2D eigenvalue weighted by Crippen LogP contribution is 2.30. The second-order valence-corrected chi connectivity index (χ2v) is 6.91. The largest absolute Gasteiger partial charge is 0.486 e. The summed E-state index contributed by atoms with van der Waals surface area (Å²) in [5.41, 5.74) is -0.518. The van der Waals surface area contributed by atoms with Gasteiger partial charge in [0.15, 0.2) is 11.5 Å². The van der Waals surface area contributed by atoms with E-state index in [1.807, 2.05) is 18.2 Å². The fraction of sp³-hybridized carbons (Fsp3) is 0.333. The van der Waals surface area contributed by atoms with Crippen molar-refractivity contribution in [1.29, 1.82) is 0 Å². The number of amides is 1. The van der Waals surface area contributed by atoms with Gasteiger partial charge in [-0.05, 0) is 26.0 Å². The van der Waals surface area contributed by atoms with Crippen molar-refractivity contribution in [3.8, 4) is 11.5 Å². The van der Waals surface area contributed by atoms with E-state index in [0.717, 1.165) is 4.57 Å². The number of nitrogens with zero attached hydrogens (tertiary/aromatic N) is 2. The average Bonchev–Trinajstić information content (AvgIpc) is 3.11. The minimum absolute atomic E-state index is 0.00753. The van der Waals surface area contributed by atoms with E-state index in [0.29, 0.717) is 18.1 Å². The molecule has 1 N–H and O–H groups in total. The van der Waals surface area contributed by atoms with Crippen LogP contribution in [0, 0.1) is 6.92 Å². The van der Waals surface area contributed by atoms with Gasteiger partial charge in [0, 0.05) is 0 Å². The standard InChI is InChI=1S/C21H21N3O7/c1-3-28-21(27)17-12(2)30-19-18(17)20(26)24(11-23-19)9-16(25)22-8-13-10-29-14-6-4-5-7-15(14)31-13/h4-7,11,13H,3,8-10H2,1-2H3,(H,22,25). The van der Waals surface area contributed by atoms with Crippen LogP contribution >= 0.6 is 0 Å². The van der Waals surface area contributed by atoms with Gasteiger partial charge in [-0.2, -0.15) is 0 Å². The molecule has 0 saturated heterocycles. The van der Waals surface area contributed by atoms with E-state index < -0.39 is 17.4 Å². The molecule has 1 unspecified atom stereocenters. The molecular weight excluding hydrogens is 406 g/mol. The summed E-state index contributed by atoms with van der Waals surface area (Å²) in [7, 11) is 0. The molecule has 1 aliphatic rings. The quantitative estimate of drug-likeness (QED) is 0.587. The van der Waals surface area contributed by atoms with Crippen LogP contribution in [0.2, 0.25) is 0 Å². The Morgan fingerprint density at radius 3 is 2.84 bits per heavy atom. The number of nitrogens with one attached hydrogen (secondary N) is 1. The monoisotopic (exact) mass is 427 g/mol. The van der Waals surface area contributed by atoms with Gasteiger partial charge in [0.05, 0.1) is 13.2 Å². The molecule has 0 bridgehead atoms. The van der Waals surface area contributed by atoms with E-state index in [4.69, 9.17) is 18.6 Å². The van der Waals surface area contributed by atoms with Crippen LogP contribution in [0.25, 0.3) is 11.1 Å². The molecule has 3 aromatic rings. The number of fused-ring (bicyclic) bond motifs is 2. The molecule has 31 heavy (non-hydrogen) atoms. The Bertz CT molecular complexity index is 1200. The van der Waals surface area contributed by atoms with Crippen molar-refractivity contribution in [3.63, 3.8) is 0 Å². The summed E-state index contributed by atoms with van der Waals surface area (Å²) >= 11 is 0. The Balaban J connectivity index is 1.45. The predicted octanol–water partition coefficient (Wildman–Crippen LogP) is 1.43. The zero-order chi connectivity index (χ0) is 22.0. The molecule has 4 rings (SSSR count). The number of furan rings is 1. The number of ether oxygens (including phenoxy) is 3. The van der Waals surface area contributed by atoms with E-state index in [9.17, 15) is 14.4 Å². The predicted molar refractivity (Wildman–Crippen MR) is 108 cm³/mol. The molecule has 0 radical (unpaired) electrons. The maximum absolute atomic E-state index is 12.9. The topological polar surface area (TPSA) is 122 Å². The van der Waals surface area contributed by atoms with Crippen LogP contribution in [-0.2, 0) is 16.1 Å². The van der Waals surface area contributed by atoms with E-state index in [2.05, 4.69) is 10.3 Å². The second-order valence-electron chi connectivity index (χ2n) is 6.91. The summed E-state index contributed by atoms with van der Waals surface area (Å²) in [6, 6.07) is 7.28. The molecule has 1 atom stereocenters. The SMILES string of the molecule is CCOC(=O)c1c(C)oc2ncn(CC(=O)NCC3COc4ccccc4O3)c(=O)c12. The minimum Gasteiger partial charge on any atom is -0.486 e. The summed E-state index contributed by atoms with van der Waals surface area (Å²) in [6.07, 6.45) is 0.849. The van der Waals surface area contributed by atoms with Crippen molar-refractivity contribution in [2.75, 3.05) is 19.8 Å². The van der Waals surface area contributed by atoms with Crippen LogP contribution in [0.1, 0.15) is 23.0 Å². The lowest BCUT2D eigenvalue weighted by Gasteiger charge is -2.26. The first kappa shape index (κ1) is 20.5. The van der Waals surface area contributed by atoms with E-state index in [-0.39, 0.29) is 48.2 Å². The number of hydrogen-bond donors (Lipinski definition) is 1. The van der Waals surface area contributed by atoms with Crippen LogP contribution in [0.4, 0.5) is 0 Å². The van der Waals surface area contributed by atoms with Gasteiger partial charge in [-0.3, -0.25) is 14.2 Å². The van der Waals surface area contributed by atoms with Crippen molar-refractivity contribution in [3.05, 3.63) is 52.3 Å². The van der Waals surface area contributed by atoms with Crippen LogP contribution in [0.3, 0.4) is 0 Å². The normalized spacial score (nSPS) is 15.0. The zero-order valence-electron chi connectivity index (χ0n) is 17.0. The number of aromatic nitrogens is 2. The maximum Gasteiger partial charge on any atom is 0.342 e. The second kappa shape index (κ2) is 8.50. The number of carbonyl (C=O) groups is 2. The highest BCUT2D eigenvalue weighted by atomic mass is 16.6. The van der Waals surface area contributed by atoms with Gasteiger partial charge >= 0.3 is 5.97 Å². The average molecular weight is 427 g/mol. The zero-order valence-corrected chi connectivity index (χ0v) is 17.0. The summed E-state index contributed by atoms with van der Waals surface area (Å²) in [6.45, 7) is 3.58. The minimum atomic E-state index is -0.672. The fourth-order valence-corrected chi connectivity index (χ4v) is 3.30. The number of esters is 1. The number of rotatable bonds is 6. The van der Waals surface area contributed by atoms with Crippen LogP contribution in [0.15, 0.2) is 39.8 Å². The summed E-state index contributed by atoms with van der Waals surface area (Å²) < 4.78 is 22.9. The van der Waals surface area contributed by atoms with Gasteiger partial charge in [0.25, 0.3) is 5.56 Å². The molecule has 0 spiro atoms. The Hall–Kier alpha value is -3.82. The molecule has 10 heteroatoms. The van der Waals surface area contributed by atoms with Crippen molar-refractivity contribution in [2.24, 2.45) is 0 Å². The van der Waals surface area contributed by atoms with Gasteiger partial charge in [0.1, 0.15) is 42.3 Å². The van der Waals surface area contributed by atoms with Crippen molar-refractivity contribution < 1.29 is 28.2 Å². The Morgan fingerprint density at radius 1 is 1.29 bits per heavy atom. The van der Waals surface area contributed by atoms with Gasteiger partial charge < -0.3 is 23.9 Å². The van der Waals surface area contributed by atoms with Crippen molar-refractivity contribution in [2.45, 2.75) is 26.5 Å². The van der Waals surface area contributed by atoms with Gasteiger partial charge in [0.2, 0.25) is 11.6 Å². The lowest BCUT2D eigenvalue weighted by molar-refractivity contribution is -0.122. The number of aryl methyl sites for hydroxylation is 1. The van der Waals surface area contributed by atoms with Gasteiger partial charge in [-0.25, -0.2) is 9.78 Å². The van der Waals surface area contributed by atoms with Crippen molar-refractivity contribution in [1.82, 2.24) is 14.9 Å². The third-order valence-corrected chi connectivity index (χ3v) is 4.74. The van der Waals surface area contributed by atoms with Gasteiger partial charge in [-0.15, -0.1) is 0 Å². The fourth-order valence-electron chi connectivity index (χ4n) is 3.30. The molecule has 1 amide bonds. The lowest BCUT2D eigenvalue weighted by Crippen LogP contribution is -2.42. The highest BCUT2D eigenvalue weighted by Gasteiger charge is 2.25. The molecule has 1 aromatic carbocycles. The summed E-state index contributed by atoms with van der Waals surface area (Å²) in [4.78, 5) is 41.6. The third-order valence-electron chi connectivity index (χ3n) is 4.74. The van der Waals surface area contributed by atoms with Crippen LogP contribution in [-0.4, -0.2) is 47.3 Å². The van der Waals surface area contributed by atoms with Crippen LogP contribution in [0.5, 0.6) is 11.5 Å². The molecule has 2 aromatic heterocycles. The Morgan fingerprint density at radius 2 is 2.06 bits per heavy atom. The first-order valence-electron chi connectivity index (χ1n) is 9.78. The maximum atomic E-state index is 12.9. The van der Waals surface area contributed by atoms with Crippen LogP contribution < -0.4 is 20.3 Å². The van der Waals surface area contributed by atoms with Crippen molar-refractivity contribution >= 4 is 23.0 Å². The third kappa shape index (κ3) is 4.09. The Kier molecular flexibility index (Phi) is 5.61. The van der Waals surface area contributed by atoms with E-state index in [1.54, 1.807) is 19.9 Å². The first-order chi connectivity index (χ1) is 15.0. The summed E-state index contributed by atoms with van der Waals surface area (Å²) in [5, 5.41) is 2.72. The molecule has 10 nitrogen and oxygen atoms in total. The Labute approximate surface area is 176 Å². The number of carbonyl (C=O) groups excluding carboxylic acids is 2. The number of para-hydroxylation sites is 2. The molecule has 0 aliphatic carbocycles. The molecule has 0 fully saturated rings. The number of hydrogen-bond acceptors (Lipinski definition) is 8. The van der Waals surface area contributed by atoms with Gasteiger partial charge in [-0.1, -0.05) is 12.1 Å². The van der Waals surface area contributed by atoms with E-state index in [1.165, 1.54) is 6.33 Å². The number of benzene rings is 1. The first-order valence-corrected chi connectivity index (χ1v) is 9.78. The molecule has 3 heterocycles. The molecular formula is C21H21N3O7. The lowest BCUT2D eigenvalue weighted by atomic mass is 10.2. The highest BCUT2D eigenvalue weighted by molar-refractivity contribution is 6.03. The smallest absolute Gasteiger partial charge is 0.342 e. The molecule has 162 valence electrons. The van der Waals surface area contributed by atoms with E-state index >= 15 is 0 Å². The molecule has 0 saturated carbocycles. The summed E-state index contributed by atoms with van der Waals surface area (Å²) in [5.74, 6) is 0.415. The molecule has 1 aliphatic heterocycles.